The van der Waals surface area contributed by atoms with Crippen molar-refractivity contribution in [1.29, 1.82) is 0 Å². The van der Waals surface area contributed by atoms with Gasteiger partial charge >= 0.3 is 0 Å². The molecule has 5 N–H and O–H groups in total. The van der Waals surface area contributed by atoms with E-state index in [-0.39, 0.29) is 6.04 Å². The van der Waals surface area contributed by atoms with Crippen LogP contribution in [-0.2, 0) is 0 Å². The maximum atomic E-state index is 9.66. The van der Waals surface area contributed by atoms with E-state index >= 15 is 0 Å². The minimum absolute atomic E-state index is 0.0866. The van der Waals surface area contributed by atoms with Gasteiger partial charge in [0.05, 0.1) is 0 Å². The van der Waals surface area contributed by atoms with Gasteiger partial charge in [0.25, 0.3) is 0 Å². The van der Waals surface area contributed by atoms with Crippen LogP contribution in [0.3, 0.4) is 0 Å². The molecule has 0 radical (unpaired) electrons. The molecule has 0 heterocycles. The number of unbranched alkanes of at least 4 members (excludes halogenated alkanes) is 1. The molecular formula is C12H20N2O. The van der Waals surface area contributed by atoms with E-state index in [1.165, 1.54) is 0 Å². The van der Waals surface area contributed by atoms with Crippen LogP contribution in [0.2, 0.25) is 0 Å². The molecule has 0 aromatic heterocycles. The number of aromatic hydroxyl groups is 1. The maximum Gasteiger partial charge on any atom is 0.120 e. The first kappa shape index (κ1) is 12.0. The van der Waals surface area contributed by atoms with Gasteiger partial charge in [0.2, 0.25) is 0 Å². The molecule has 84 valence electrons. The standard InChI is InChI=1S/C12H20N2O/c1-9-5-6-12(15)10(8-9)11(14)4-2-3-7-13/h5-6,8,11,15H,2-4,7,13-14H2,1H3/t11-/m1/s1. The largest absolute Gasteiger partial charge is 0.508 e. The van der Waals surface area contributed by atoms with E-state index in [4.69, 9.17) is 11.5 Å². The molecule has 0 fully saturated rings. The monoisotopic (exact) mass is 208 g/mol. The normalized spacial score (nSPS) is 12.7. The lowest BCUT2D eigenvalue weighted by Gasteiger charge is -2.14. The molecule has 1 aromatic carbocycles. The molecule has 0 aliphatic carbocycles. The van der Waals surface area contributed by atoms with E-state index in [0.29, 0.717) is 12.3 Å². The molecule has 0 bridgehead atoms. The quantitative estimate of drug-likeness (QED) is 0.646. The number of phenolic OH excluding ortho intramolecular Hbond substituents is 1. The van der Waals surface area contributed by atoms with Gasteiger partial charge in [-0.25, -0.2) is 0 Å². The van der Waals surface area contributed by atoms with Crippen molar-refractivity contribution in [3.8, 4) is 5.75 Å². The predicted molar refractivity (Wildman–Crippen MR) is 62.7 cm³/mol. The lowest BCUT2D eigenvalue weighted by Crippen LogP contribution is -2.11. The van der Waals surface area contributed by atoms with Gasteiger partial charge in [0.1, 0.15) is 5.75 Å². The van der Waals surface area contributed by atoms with Gasteiger partial charge in [-0.2, -0.15) is 0 Å². The summed E-state index contributed by atoms with van der Waals surface area (Å²) in [4.78, 5) is 0. The van der Waals surface area contributed by atoms with Crippen molar-refractivity contribution in [3.63, 3.8) is 0 Å². The molecule has 15 heavy (non-hydrogen) atoms. The maximum absolute atomic E-state index is 9.66. The molecule has 3 nitrogen and oxygen atoms in total. The minimum Gasteiger partial charge on any atom is -0.508 e. The van der Waals surface area contributed by atoms with Gasteiger partial charge in [0.15, 0.2) is 0 Å². The van der Waals surface area contributed by atoms with Crippen molar-refractivity contribution in [1.82, 2.24) is 0 Å². The Kier molecular flexibility index (Phi) is 4.59. The molecule has 1 rings (SSSR count). The Morgan fingerprint density at radius 3 is 2.73 bits per heavy atom. The number of phenols is 1. The van der Waals surface area contributed by atoms with Crippen molar-refractivity contribution in [2.24, 2.45) is 11.5 Å². The van der Waals surface area contributed by atoms with Crippen LogP contribution in [0, 0.1) is 6.92 Å². The highest BCUT2D eigenvalue weighted by molar-refractivity contribution is 5.37. The highest BCUT2D eigenvalue weighted by Gasteiger charge is 2.10. The van der Waals surface area contributed by atoms with E-state index in [1.807, 2.05) is 19.1 Å². The van der Waals surface area contributed by atoms with Crippen LogP contribution in [0.4, 0.5) is 0 Å². The zero-order valence-corrected chi connectivity index (χ0v) is 9.24. The zero-order chi connectivity index (χ0) is 11.3. The minimum atomic E-state index is -0.0866. The van der Waals surface area contributed by atoms with Gasteiger partial charge in [-0.15, -0.1) is 0 Å². The molecule has 0 saturated heterocycles. The van der Waals surface area contributed by atoms with Crippen LogP contribution in [0.5, 0.6) is 5.75 Å². The van der Waals surface area contributed by atoms with E-state index in [9.17, 15) is 5.11 Å². The van der Waals surface area contributed by atoms with Crippen molar-refractivity contribution in [3.05, 3.63) is 29.3 Å². The molecular weight excluding hydrogens is 188 g/mol. The smallest absolute Gasteiger partial charge is 0.120 e. The lowest BCUT2D eigenvalue weighted by molar-refractivity contribution is 0.456. The van der Waals surface area contributed by atoms with Gasteiger partial charge in [-0.3, -0.25) is 0 Å². The fraction of sp³-hybridized carbons (Fsp3) is 0.500. The summed E-state index contributed by atoms with van der Waals surface area (Å²) in [6.07, 6.45) is 2.86. The third-order valence-corrected chi connectivity index (χ3v) is 2.55. The molecule has 0 amide bonds. The van der Waals surface area contributed by atoms with Crippen molar-refractivity contribution in [2.45, 2.75) is 32.2 Å². The molecule has 0 aliphatic rings. The highest BCUT2D eigenvalue weighted by Crippen LogP contribution is 2.26. The Morgan fingerprint density at radius 2 is 2.07 bits per heavy atom. The van der Waals surface area contributed by atoms with Crippen LogP contribution in [0.15, 0.2) is 18.2 Å². The molecule has 0 aliphatic heterocycles. The summed E-state index contributed by atoms with van der Waals surface area (Å²) in [5.74, 6) is 0.292. The summed E-state index contributed by atoms with van der Waals surface area (Å²) in [7, 11) is 0. The Hall–Kier alpha value is -1.06. The van der Waals surface area contributed by atoms with Crippen LogP contribution < -0.4 is 11.5 Å². The van der Waals surface area contributed by atoms with Crippen molar-refractivity contribution in [2.75, 3.05) is 6.54 Å². The first-order valence-corrected chi connectivity index (χ1v) is 5.40. The molecule has 1 aromatic rings. The lowest BCUT2D eigenvalue weighted by atomic mass is 9.99. The molecule has 1 atom stereocenters. The SMILES string of the molecule is Cc1ccc(O)c([C@H](N)CCCCN)c1. The average Bonchev–Trinajstić information content (AvgIpc) is 2.22. The summed E-state index contributed by atoms with van der Waals surface area (Å²) in [6, 6.07) is 5.44. The molecule has 0 saturated carbocycles. The zero-order valence-electron chi connectivity index (χ0n) is 9.24. The molecule has 3 heteroatoms. The number of benzene rings is 1. The molecule has 0 unspecified atom stereocenters. The second-order valence-corrected chi connectivity index (χ2v) is 3.95. The average molecular weight is 208 g/mol. The number of nitrogens with two attached hydrogens (primary N) is 2. The van der Waals surface area contributed by atoms with E-state index in [0.717, 1.165) is 30.4 Å². The van der Waals surface area contributed by atoms with Crippen LogP contribution in [0.1, 0.15) is 36.4 Å². The Bertz CT molecular complexity index is 312. The van der Waals surface area contributed by atoms with E-state index < -0.39 is 0 Å². The van der Waals surface area contributed by atoms with Crippen LogP contribution in [-0.4, -0.2) is 11.7 Å². The summed E-state index contributed by atoms with van der Waals surface area (Å²) in [5.41, 5.74) is 13.4. The Labute approximate surface area is 91.1 Å². The first-order chi connectivity index (χ1) is 7.15. The Balaban J connectivity index is 2.64. The summed E-state index contributed by atoms with van der Waals surface area (Å²) in [5, 5.41) is 9.66. The third-order valence-electron chi connectivity index (χ3n) is 2.55. The predicted octanol–water partition coefficient (Wildman–Crippen LogP) is 1.83. The van der Waals surface area contributed by atoms with Gasteiger partial charge in [-0.1, -0.05) is 24.1 Å². The topological polar surface area (TPSA) is 72.3 Å². The van der Waals surface area contributed by atoms with Crippen molar-refractivity contribution >= 4 is 0 Å². The fourth-order valence-corrected chi connectivity index (χ4v) is 1.64. The van der Waals surface area contributed by atoms with Gasteiger partial charge in [0, 0.05) is 11.6 Å². The van der Waals surface area contributed by atoms with Gasteiger partial charge in [-0.05, 0) is 32.4 Å². The fourth-order valence-electron chi connectivity index (χ4n) is 1.64. The number of hydrogen-bond acceptors (Lipinski definition) is 3. The molecule has 0 spiro atoms. The number of hydrogen-bond donors (Lipinski definition) is 3. The van der Waals surface area contributed by atoms with E-state index in [1.54, 1.807) is 6.07 Å². The summed E-state index contributed by atoms with van der Waals surface area (Å²) >= 11 is 0. The van der Waals surface area contributed by atoms with Crippen LogP contribution >= 0.6 is 0 Å². The Morgan fingerprint density at radius 1 is 1.33 bits per heavy atom. The van der Waals surface area contributed by atoms with Crippen molar-refractivity contribution < 1.29 is 5.11 Å². The number of rotatable bonds is 5. The first-order valence-electron chi connectivity index (χ1n) is 5.40. The number of aryl methyl sites for hydroxylation is 1. The van der Waals surface area contributed by atoms with Crippen LogP contribution in [0.25, 0.3) is 0 Å². The second-order valence-electron chi connectivity index (χ2n) is 3.95. The third kappa shape index (κ3) is 3.53. The summed E-state index contributed by atoms with van der Waals surface area (Å²) in [6.45, 7) is 2.70. The van der Waals surface area contributed by atoms with E-state index in [2.05, 4.69) is 0 Å². The summed E-state index contributed by atoms with van der Waals surface area (Å²) < 4.78 is 0. The second kappa shape index (κ2) is 5.73. The van der Waals surface area contributed by atoms with Gasteiger partial charge < -0.3 is 16.6 Å². The highest BCUT2D eigenvalue weighted by atomic mass is 16.3.